The Morgan fingerprint density at radius 1 is 0.774 bits per heavy atom. The first-order valence-corrected chi connectivity index (χ1v) is 10.8. The summed E-state index contributed by atoms with van der Waals surface area (Å²) in [6.07, 6.45) is -0.587. The zero-order valence-corrected chi connectivity index (χ0v) is 17.6. The molecule has 1 N–H and O–H groups in total. The van der Waals surface area contributed by atoms with E-state index in [1.807, 2.05) is 0 Å². The van der Waals surface area contributed by atoms with Crippen LogP contribution in [-0.4, -0.2) is 60.3 Å². The van der Waals surface area contributed by atoms with Crippen LogP contribution in [0.2, 0.25) is 0 Å². The van der Waals surface area contributed by atoms with E-state index >= 15 is 0 Å². The molecule has 0 radical (unpaired) electrons. The number of aliphatic hydroxyl groups is 1. The number of rotatable bonds is 8. The highest BCUT2D eigenvalue weighted by atomic mass is 19.1. The molecular formula is C26H29FN2O2. The van der Waals surface area contributed by atoms with Crippen molar-refractivity contribution < 1.29 is 14.2 Å². The highest BCUT2D eigenvalue weighted by Gasteiger charge is 2.27. The number of benzene rings is 3. The summed E-state index contributed by atoms with van der Waals surface area (Å²) in [4.78, 5) is 4.80. The Bertz CT molecular complexity index is 874. The van der Waals surface area contributed by atoms with Gasteiger partial charge >= 0.3 is 0 Å². The molecule has 1 fully saturated rings. The Morgan fingerprint density at radius 2 is 1.32 bits per heavy atom. The second kappa shape index (κ2) is 10.5. The quantitative estimate of drug-likeness (QED) is 0.598. The zero-order valence-electron chi connectivity index (χ0n) is 17.6. The predicted octanol–water partition coefficient (Wildman–Crippen LogP) is 3.97. The minimum Gasteiger partial charge on any atom is -0.491 e. The van der Waals surface area contributed by atoms with Gasteiger partial charge in [-0.2, -0.15) is 0 Å². The molecule has 0 bridgehead atoms. The van der Waals surface area contributed by atoms with E-state index in [-0.39, 0.29) is 18.5 Å². The van der Waals surface area contributed by atoms with Gasteiger partial charge in [0.05, 0.1) is 6.04 Å². The van der Waals surface area contributed by atoms with Gasteiger partial charge in [0.1, 0.15) is 24.3 Å². The molecule has 0 amide bonds. The Kier molecular flexibility index (Phi) is 7.30. The molecule has 0 unspecified atom stereocenters. The maximum absolute atomic E-state index is 13.0. The summed E-state index contributed by atoms with van der Waals surface area (Å²) in [6, 6.07) is 27.4. The van der Waals surface area contributed by atoms with Crippen molar-refractivity contribution in [3.05, 3.63) is 102 Å². The summed E-state index contributed by atoms with van der Waals surface area (Å²) in [7, 11) is 0. The molecular weight excluding hydrogens is 391 g/mol. The molecule has 0 aromatic heterocycles. The topological polar surface area (TPSA) is 35.9 Å². The van der Waals surface area contributed by atoms with Crippen LogP contribution >= 0.6 is 0 Å². The summed E-state index contributed by atoms with van der Waals surface area (Å²) in [5, 5.41) is 10.4. The van der Waals surface area contributed by atoms with E-state index < -0.39 is 6.10 Å². The SMILES string of the molecule is O[C@@H](COc1ccc(F)cc1)CN1CCN(C(c2ccccc2)c2ccccc2)CC1. The van der Waals surface area contributed by atoms with Gasteiger partial charge in [0.15, 0.2) is 0 Å². The fourth-order valence-electron chi connectivity index (χ4n) is 4.16. The van der Waals surface area contributed by atoms with Crippen molar-refractivity contribution in [2.24, 2.45) is 0 Å². The lowest BCUT2D eigenvalue weighted by Gasteiger charge is -2.40. The third kappa shape index (κ3) is 5.91. The van der Waals surface area contributed by atoms with Crippen molar-refractivity contribution in [3.63, 3.8) is 0 Å². The number of aliphatic hydroxyl groups excluding tert-OH is 1. The average Bonchev–Trinajstić information content (AvgIpc) is 2.81. The van der Waals surface area contributed by atoms with Gasteiger partial charge in [0.2, 0.25) is 0 Å². The molecule has 3 aromatic carbocycles. The van der Waals surface area contributed by atoms with Gasteiger partial charge in [-0.05, 0) is 35.4 Å². The first-order valence-electron chi connectivity index (χ1n) is 10.8. The molecule has 4 nitrogen and oxygen atoms in total. The van der Waals surface area contributed by atoms with E-state index in [1.165, 1.54) is 23.3 Å². The number of ether oxygens (including phenoxy) is 1. The summed E-state index contributed by atoms with van der Waals surface area (Å²) in [6.45, 7) is 4.41. The normalized spacial score (nSPS) is 16.4. The van der Waals surface area contributed by atoms with Gasteiger partial charge in [-0.25, -0.2) is 4.39 Å². The zero-order chi connectivity index (χ0) is 21.5. The first kappa shape index (κ1) is 21.5. The van der Waals surface area contributed by atoms with E-state index in [0.717, 1.165) is 26.2 Å². The molecule has 1 aliphatic rings. The van der Waals surface area contributed by atoms with Crippen molar-refractivity contribution in [3.8, 4) is 5.75 Å². The van der Waals surface area contributed by atoms with Crippen LogP contribution in [-0.2, 0) is 0 Å². The molecule has 5 heteroatoms. The van der Waals surface area contributed by atoms with Gasteiger partial charge in [-0.15, -0.1) is 0 Å². The summed E-state index contributed by atoms with van der Waals surface area (Å²) < 4.78 is 18.6. The van der Waals surface area contributed by atoms with E-state index in [2.05, 4.69) is 70.5 Å². The average molecular weight is 421 g/mol. The predicted molar refractivity (Wildman–Crippen MR) is 121 cm³/mol. The maximum atomic E-state index is 13.0. The third-order valence-electron chi connectivity index (χ3n) is 5.73. The number of nitrogens with zero attached hydrogens (tertiary/aromatic N) is 2. The Balaban J connectivity index is 1.32. The molecule has 0 aliphatic carbocycles. The molecule has 3 aromatic rings. The summed E-state index contributed by atoms with van der Waals surface area (Å²) in [5.41, 5.74) is 2.60. The van der Waals surface area contributed by atoms with Crippen LogP contribution in [0, 0.1) is 5.82 Å². The van der Waals surface area contributed by atoms with Gasteiger partial charge in [-0.1, -0.05) is 60.7 Å². The van der Waals surface area contributed by atoms with Crippen LogP contribution < -0.4 is 4.74 Å². The standard InChI is InChI=1S/C26H29FN2O2/c27-23-11-13-25(14-12-23)31-20-24(30)19-28-15-17-29(18-16-28)26(21-7-3-1-4-8-21)22-9-5-2-6-10-22/h1-14,24,26,30H,15-20H2/t24-/m1/s1. The lowest BCUT2D eigenvalue weighted by atomic mass is 9.96. The number of hydrogen-bond donors (Lipinski definition) is 1. The van der Waals surface area contributed by atoms with Gasteiger partial charge in [0.25, 0.3) is 0 Å². The van der Waals surface area contributed by atoms with Gasteiger partial charge < -0.3 is 9.84 Å². The van der Waals surface area contributed by atoms with Gasteiger partial charge in [0, 0.05) is 32.7 Å². The van der Waals surface area contributed by atoms with E-state index in [1.54, 1.807) is 12.1 Å². The second-order valence-electron chi connectivity index (χ2n) is 7.98. The van der Waals surface area contributed by atoms with Crippen LogP contribution in [0.1, 0.15) is 17.2 Å². The minimum absolute atomic E-state index is 0.197. The fraction of sp³-hybridized carbons (Fsp3) is 0.308. The van der Waals surface area contributed by atoms with Gasteiger partial charge in [-0.3, -0.25) is 9.80 Å². The summed E-state index contributed by atoms with van der Waals surface area (Å²) in [5.74, 6) is 0.272. The lowest BCUT2D eigenvalue weighted by molar-refractivity contribution is 0.0401. The molecule has 0 spiro atoms. The minimum atomic E-state index is -0.587. The smallest absolute Gasteiger partial charge is 0.123 e. The monoisotopic (exact) mass is 420 g/mol. The van der Waals surface area contributed by atoms with Crippen molar-refractivity contribution in [1.82, 2.24) is 9.80 Å². The van der Waals surface area contributed by atoms with Crippen LogP contribution in [0.15, 0.2) is 84.9 Å². The van der Waals surface area contributed by atoms with Crippen LogP contribution in [0.25, 0.3) is 0 Å². The second-order valence-corrected chi connectivity index (χ2v) is 7.98. The van der Waals surface area contributed by atoms with Crippen LogP contribution in [0.4, 0.5) is 4.39 Å². The molecule has 1 heterocycles. The fourth-order valence-corrected chi connectivity index (χ4v) is 4.16. The van der Waals surface area contributed by atoms with Crippen LogP contribution in [0.5, 0.6) is 5.75 Å². The lowest BCUT2D eigenvalue weighted by Crippen LogP contribution is -2.50. The number of halogens is 1. The third-order valence-corrected chi connectivity index (χ3v) is 5.73. The highest BCUT2D eigenvalue weighted by molar-refractivity contribution is 5.32. The van der Waals surface area contributed by atoms with Crippen LogP contribution in [0.3, 0.4) is 0 Å². The molecule has 0 saturated carbocycles. The highest BCUT2D eigenvalue weighted by Crippen LogP contribution is 2.29. The van der Waals surface area contributed by atoms with Crippen molar-refractivity contribution in [1.29, 1.82) is 0 Å². The van der Waals surface area contributed by atoms with E-state index in [0.29, 0.717) is 12.3 Å². The molecule has 1 aliphatic heterocycles. The first-order chi connectivity index (χ1) is 15.2. The Hall–Kier alpha value is -2.73. The number of piperazine rings is 1. The number of β-amino-alcohol motifs (C(OH)–C–C–N with tert-alkyl or cyclic N) is 1. The van der Waals surface area contributed by atoms with Crippen molar-refractivity contribution >= 4 is 0 Å². The number of hydrogen-bond acceptors (Lipinski definition) is 4. The summed E-state index contributed by atoms with van der Waals surface area (Å²) >= 11 is 0. The molecule has 162 valence electrons. The Morgan fingerprint density at radius 3 is 1.87 bits per heavy atom. The largest absolute Gasteiger partial charge is 0.491 e. The maximum Gasteiger partial charge on any atom is 0.123 e. The Labute approximate surface area is 183 Å². The molecule has 31 heavy (non-hydrogen) atoms. The van der Waals surface area contributed by atoms with E-state index in [9.17, 15) is 9.50 Å². The van der Waals surface area contributed by atoms with Crippen molar-refractivity contribution in [2.75, 3.05) is 39.3 Å². The molecule has 1 saturated heterocycles. The molecule has 1 atom stereocenters. The molecule has 4 rings (SSSR count). The van der Waals surface area contributed by atoms with E-state index in [4.69, 9.17) is 4.74 Å². The van der Waals surface area contributed by atoms with Crippen molar-refractivity contribution in [2.45, 2.75) is 12.1 Å².